The Balaban J connectivity index is 1.27. The van der Waals surface area contributed by atoms with Crippen LogP contribution in [-0.2, 0) is 15.0 Å². The summed E-state index contributed by atoms with van der Waals surface area (Å²) in [5, 5.41) is 16.4. The maximum atomic E-state index is 13.9. The van der Waals surface area contributed by atoms with Gasteiger partial charge in [0.2, 0.25) is 11.8 Å². The first-order chi connectivity index (χ1) is 17.9. The molecule has 2 fully saturated rings. The smallest absolute Gasteiger partial charge is 0.268 e. The average molecular weight is 499 g/mol. The first kappa shape index (κ1) is 23.0. The predicted molar refractivity (Wildman–Crippen MR) is 134 cm³/mol. The van der Waals surface area contributed by atoms with Crippen LogP contribution in [0.15, 0.2) is 42.6 Å². The highest BCUT2D eigenvalue weighted by atomic mass is 16.5. The Kier molecular flexibility index (Phi) is 5.37. The summed E-state index contributed by atoms with van der Waals surface area (Å²) in [4.78, 5) is 49.0. The molecule has 1 spiro atoms. The summed E-state index contributed by atoms with van der Waals surface area (Å²) in [5.41, 5.74) is 0.741. The van der Waals surface area contributed by atoms with Crippen molar-refractivity contribution in [1.82, 2.24) is 20.2 Å². The Bertz CT molecular complexity index is 1470. The summed E-state index contributed by atoms with van der Waals surface area (Å²) >= 11 is 0. The molecule has 1 unspecified atom stereocenters. The lowest BCUT2D eigenvalue weighted by Crippen LogP contribution is -2.51. The third-order valence-corrected chi connectivity index (χ3v) is 7.74. The van der Waals surface area contributed by atoms with Crippen LogP contribution in [0.5, 0.6) is 5.75 Å². The van der Waals surface area contributed by atoms with E-state index in [1.807, 2.05) is 24.3 Å². The molecule has 1 aliphatic carbocycles. The van der Waals surface area contributed by atoms with Crippen LogP contribution in [0.4, 0.5) is 5.82 Å². The summed E-state index contributed by atoms with van der Waals surface area (Å²) < 4.78 is 5.39. The molecule has 3 amide bonds. The van der Waals surface area contributed by atoms with Crippen LogP contribution >= 0.6 is 0 Å². The summed E-state index contributed by atoms with van der Waals surface area (Å²) in [6.45, 7) is 0.0647. The molecule has 0 bridgehead atoms. The van der Waals surface area contributed by atoms with Gasteiger partial charge in [0.15, 0.2) is 0 Å². The van der Waals surface area contributed by atoms with Gasteiger partial charge in [-0.1, -0.05) is 25.0 Å². The summed E-state index contributed by atoms with van der Waals surface area (Å²) in [5.74, 6) is 0.438. The number of nitriles is 1. The van der Waals surface area contributed by atoms with Gasteiger partial charge in [0.1, 0.15) is 29.3 Å². The van der Waals surface area contributed by atoms with E-state index in [9.17, 15) is 19.6 Å². The lowest BCUT2D eigenvalue weighted by Gasteiger charge is -2.27. The second-order valence-electron chi connectivity index (χ2n) is 10.1. The molecule has 1 saturated heterocycles. The van der Waals surface area contributed by atoms with E-state index < -0.39 is 23.4 Å². The highest BCUT2D eigenvalue weighted by Crippen LogP contribution is 2.46. The van der Waals surface area contributed by atoms with Gasteiger partial charge in [0.05, 0.1) is 18.6 Å². The fraction of sp³-hybridized carbons (Fsp3) is 0.370. The Morgan fingerprint density at radius 3 is 2.92 bits per heavy atom. The Morgan fingerprint density at radius 2 is 2.16 bits per heavy atom. The van der Waals surface area contributed by atoms with Gasteiger partial charge in [0, 0.05) is 35.6 Å². The van der Waals surface area contributed by atoms with E-state index in [0.29, 0.717) is 35.2 Å². The predicted octanol–water partition coefficient (Wildman–Crippen LogP) is 2.48. The number of nitrogens with zero attached hydrogens (tertiary/aromatic N) is 3. The van der Waals surface area contributed by atoms with Crippen LogP contribution < -0.4 is 15.4 Å². The number of carbonyl (C=O) groups is 3. The summed E-state index contributed by atoms with van der Waals surface area (Å²) in [6, 6.07) is 11.4. The van der Waals surface area contributed by atoms with Gasteiger partial charge >= 0.3 is 0 Å². The third-order valence-electron chi connectivity index (χ3n) is 7.74. The van der Waals surface area contributed by atoms with Crippen molar-refractivity contribution in [3.63, 3.8) is 0 Å². The van der Waals surface area contributed by atoms with E-state index >= 15 is 0 Å². The van der Waals surface area contributed by atoms with Crippen LogP contribution in [0, 0.1) is 17.2 Å². The zero-order valence-electron chi connectivity index (χ0n) is 20.3. The molecular formula is C27H26N6O4. The number of benzene rings is 1. The van der Waals surface area contributed by atoms with Crippen molar-refractivity contribution < 1.29 is 19.1 Å². The lowest BCUT2D eigenvalue weighted by molar-refractivity contribution is -0.133. The number of H-pyrrole nitrogens is 1. The van der Waals surface area contributed by atoms with Gasteiger partial charge in [-0.05, 0) is 36.6 Å². The monoisotopic (exact) mass is 498 g/mol. The topological polar surface area (TPSA) is 140 Å². The van der Waals surface area contributed by atoms with Crippen LogP contribution in [0.1, 0.15) is 41.7 Å². The number of ether oxygens (including phenoxy) is 1. The van der Waals surface area contributed by atoms with E-state index in [1.54, 1.807) is 25.4 Å². The van der Waals surface area contributed by atoms with Crippen molar-refractivity contribution in [2.24, 2.45) is 5.92 Å². The molecule has 188 valence electrons. The summed E-state index contributed by atoms with van der Waals surface area (Å²) in [6.07, 6.45) is 4.26. The Morgan fingerprint density at radius 1 is 1.32 bits per heavy atom. The number of methoxy groups -OCH3 is 1. The number of nitrogens with one attached hydrogen (secondary N) is 3. The Hall–Kier alpha value is -4.39. The molecule has 1 aromatic carbocycles. The number of fused-ring (bicyclic) bond motifs is 3. The molecule has 10 heteroatoms. The number of hydrogen-bond donors (Lipinski definition) is 3. The number of anilines is 1. The molecule has 2 aromatic heterocycles. The fourth-order valence-electron chi connectivity index (χ4n) is 5.63. The average Bonchev–Trinajstić information content (AvgIpc) is 3.37. The van der Waals surface area contributed by atoms with Crippen molar-refractivity contribution in [3.8, 4) is 11.8 Å². The Labute approximate surface area is 213 Å². The highest BCUT2D eigenvalue weighted by Gasteiger charge is 2.57. The first-order valence-corrected chi connectivity index (χ1v) is 12.4. The van der Waals surface area contributed by atoms with E-state index in [4.69, 9.17) is 4.74 Å². The third kappa shape index (κ3) is 3.78. The van der Waals surface area contributed by atoms with Gasteiger partial charge in [-0.15, -0.1) is 0 Å². The highest BCUT2D eigenvalue weighted by molar-refractivity contribution is 6.07. The van der Waals surface area contributed by atoms with Gasteiger partial charge in [-0.25, -0.2) is 4.98 Å². The molecule has 3 atom stereocenters. The number of carbonyl (C=O) groups excluding carboxylic acids is 3. The lowest BCUT2D eigenvalue weighted by atomic mass is 9.80. The molecule has 0 radical (unpaired) electrons. The minimum atomic E-state index is -1.03. The van der Waals surface area contributed by atoms with Crippen molar-refractivity contribution in [1.29, 1.82) is 5.26 Å². The zero-order chi connectivity index (χ0) is 25.7. The minimum absolute atomic E-state index is 0.0647. The number of aromatic amines is 1. The van der Waals surface area contributed by atoms with E-state index in [1.165, 1.54) is 4.90 Å². The SMILES string of the molecule is COc1cccc2[nH]c(C(=O)N[C@@H](CC3CC3)C(=O)N3C[C@@]4(CC3C#N)C(=O)Nc3ncccc34)cc12. The molecule has 37 heavy (non-hydrogen) atoms. The van der Waals surface area contributed by atoms with Crippen molar-refractivity contribution in [2.45, 2.75) is 43.2 Å². The molecule has 3 N–H and O–H groups in total. The van der Waals surface area contributed by atoms with Crippen LogP contribution in [0.25, 0.3) is 10.9 Å². The van der Waals surface area contributed by atoms with E-state index in [2.05, 4.69) is 26.7 Å². The normalized spacial score (nSPS) is 23.0. The van der Waals surface area contributed by atoms with Gasteiger partial charge in [0.25, 0.3) is 5.91 Å². The molecule has 3 aromatic rings. The standard InChI is InChI=1S/C27H26N6O4/c1-37-22-6-2-5-19-17(22)11-20(30-19)24(34)31-21(10-15-7-8-15)25(35)33-14-27(12-16(33)13-28)18-4-3-9-29-23(18)32-26(27)36/h2-6,9,11,15-16,21,30H,7-8,10,12,14H2,1H3,(H,31,34)(H,29,32,36)/t16?,21-,27+/m0/s1. The van der Waals surface area contributed by atoms with E-state index in [-0.39, 0.29) is 24.8 Å². The maximum Gasteiger partial charge on any atom is 0.268 e. The van der Waals surface area contributed by atoms with Gasteiger partial charge in [-0.2, -0.15) is 5.26 Å². The number of aromatic nitrogens is 2. The number of rotatable bonds is 6. The minimum Gasteiger partial charge on any atom is -0.496 e. The van der Waals surface area contributed by atoms with E-state index in [0.717, 1.165) is 23.7 Å². The van der Waals surface area contributed by atoms with Crippen molar-refractivity contribution in [2.75, 3.05) is 19.0 Å². The zero-order valence-corrected chi connectivity index (χ0v) is 20.3. The number of amides is 3. The van der Waals surface area contributed by atoms with Crippen LogP contribution in [-0.4, -0.2) is 58.3 Å². The van der Waals surface area contributed by atoms with Gasteiger partial charge < -0.3 is 25.3 Å². The second-order valence-corrected chi connectivity index (χ2v) is 10.1. The molecule has 10 nitrogen and oxygen atoms in total. The maximum absolute atomic E-state index is 13.9. The first-order valence-electron chi connectivity index (χ1n) is 12.4. The largest absolute Gasteiger partial charge is 0.496 e. The molecular weight excluding hydrogens is 472 g/mol. The molecule has 2 aliphatic heterocycles. The van der Waals surface area contributed by atoms with Gasteiger partial charge in [-0.3, -0.25) is 14.4 Å². The molecule has 4 heterocycles. The van der Waals surface area contributed by atoms with Crippen LogP contribution in [0.3, 0.4) is 0 Å². The van der Waals surface area contributed by atoms with Crippen molar-refractivity contribution >= 4 is 34.4 Å². The number of pyridine rings is 1. The van der Waals surface area contributed by atoms with Crippen molar-refractivity contribution in [3.05, 3.63) is 53.9 Å². The number of hydrogen-bond acceptors (Lipinski definition) is 6. The van der Waals surface area contributed by atoms with Crippen LogP contribution in [0.2, 0.25) is 0 Å². The fourth-order valence-corrected chi connectivity index (χ4v) is 5.63. The molecule has 1 saturated carbocycles. The molecule has 6 rings (SSSR count). The second kappa shape index (κ2) is 8.62. The molecule has 3 aliphatic rings. The quantitative estimate of drug-likeness (QED) is 0.477. The summed E-state index contributed by atoms with van der Waals surface area (Å²) in [7, 11) is 1.57. The number of likely N-dealkylation sites (tertiary alicyclic amines) is 1.